The lowest BCUT2D eigenvalue weighted by Crippen LogP contribution is -1.95. The van der Waals surface area contributed by atoms with Gasteiger partial charge in [-0.2, -0.15) is 0 Å². The van der Waals surface area contributed by atoms with Crippen LogP contribution in [-0.2, 0) is 9.84 Å². The quantitative estimate of drug-likeness (QED) is 0.484. The molecule has 0 saturated carbocycles. The van der Waals surface area contributed by atoms with Gasteiger partial charge in [-0.15, -0.1) is 6.40 Å². The molecule has 0 N–H and O–H groups in total. The molecule has 0 aromatic heterocycles. The Bertz CT molecular complexity index is 449. The minimum absolute atomic E-state index is 0.137. The van der Waals surface area contributed by atoms with Crippen LogP contribution in [-0.4, -0.2) is 8.42 Å². The Morgan fingerprint density at radius 2 is 2.00 bits per heavy atom. The van der Waals surface area contributed by atoms with E-state index in [0.717, 1.165) is 5.56 Å². The average molecular weight is 181 g/mol. The van der Waals surface area contributed by atoms with E-state index in [0.29, 0.717) is 0 Å². The Morgan fingerprint density at radius 1 is 1.42 bits per heavy atom. The molecule has 0 amide bonds. The number of sulfone groups is 1. The van der Waals surface area contributed by atoms with Crippen molar-refractivity contribution in [2.75, 3.05) is 0 Å². The smallest absolute Gasteiger partial charge is 0.210 e. The summed E-state index contributed by atoms with van der Waals surface area (Å²) in [4.78, 5) is 0.137. The number of aryl methyl sites for hydroxylation is 1. The van der Waals surface area contributed by atoms with E-state index < -0.39 is 9.84 Å². The molecule has 0 heterocycles. The molecule has 62 valence electrons. The molecule has 0 spiro atoms. The SMILES string of the molecule is [2H]C#CS(=O)(=O)c1ccc(C)cc1. The first-order valence-electron chi connectivity index (χ1n) is 3.81. The Balaban J connectivity index is 3.22. The summed E-state index contributed by atoms with van der Waals surface area (Å²) in [7, 11) is -3.58. The van der Waals surface area contributed by atoms with Crippen LogP contribution < -0.4 is 0 Å². The zero-order valence-corrected chi connectivity index (χ0v) is 7.35. The minimum atomic E-state index is -3.58. The molecule has 0 unspecified atom stereocenters. The number of terminal acetylenes is 1. The predicted molar refractivity (Wildman–Crippen MR) is 47.2 cm³/mol. The first-order valence-corrected chi connectivity index (χ1v) is 4.80. The van der Waals surface area contributed by atoms with E-state index in [4.69, 9.17) is 1.37 Å². The van der Waals surface area contributed by atoms with E-state index in [1.807, 2.05) is 12.2 Å². The van der Waals surface area contributed by atoms with E-state index >= 15 is 0 Å². The van der Waals surface area contributed by atoms with Crippen molar-refractivity contribution in [2.45, 2.75) is 11.8 Å². The van der Waals surface area contributed by atoms with Crippen molar-refractivity contribution in [3.63, 3.8) is 0 Å². The maximum Gasteiger partial charge on any atom is 0.244 e. The molecule has 3 heteroatoms. The van der Waals surface area contributed by atoms with Crippen molar-refractivity contribution >= 4 is 9.84 Å². The highest BCUT2D eigenvalue weighted by atomic mass is 32.2. The van der Waals surface area contributed by atoms with Gasteiger partial charge >= 0.3 is 0 Å². The van der Waals surface area contributed by atoms with Crippen molar-refractivity contribution in [3.8, 4) is 11.7 Å². The molecule has 0 aliphatic heterocycles. The third-order valence-electron chi connectivity index (χ3n) is 1.47. The molecule has 0 atom stereocenters. The monoisotopic (exact) mass is 181 g/mol. The van der Waals surface area contributed by atoms with Crippen LogP contribution in [0.15, 0.2) is 29.2 Å². The van der Waals surface area contributed by atoms with E-state index in [1.54, 1.807) is 18.5 Å². The number of benzene rings is 1. The molecule has 0 aliphatic rings. The van der Waals surface area contributed by atoms with E-state index in [9.17, 15) is 8.42 Å². The zero-order chi connectivity index (χ0) is 9.90. The van der Waals surface area contributed by atoms with Crippen molar-refractivity contribution in [1.82, 2.24) is 0 Å². The normalized spacial score (nSPS) is 11.2. The maximum absolute atomic E-state index is 11.2. The van der Waals surface area contributed by atoms with Gasteiger partial charge in [-0.1, -0.05) is 17.7 Å². The van der Waals surface area contributed by atoms with E-state index in [2.05, 4.69) is 0 Å². The van der Waals surface area contributed by atoms with Crippen molar-refractivity contribution in [2.24, 2.45) is 0 Å². The van der Waals surface area contributed by atoms with Gasteiger partial charge in [0.1, 0.15) is 1.37 Å². The second-order valence-corrected chi connectivity index (χ2v) is 4.10. The van der Waals surface area contributed by atoms with Gasteiger partial charge in [0.15, 0.2) is 0 Å². The molecule has 12 heavy (non-hydrogen) atoms. The lowest BCUT2D eigenvalue weighted by Gasteiger charge is -1.96. The molecule has 0 saturated heterocycles. The summed E-state index contributed by atoms with van der Waals surface area (Å²) in [6.45, 7) is 1.87. The largest absolute Gasteiger partial charge is 0.244 e. The van der Waals surface area contributed by atoms with Gasteiger partial charge in [0.2, 0.25) is 9.84 Å². The van der Waals surface area contributed by atoms with Crippen molar-refractivity contribution < 1.29 is 9.79 Å². The van der Waals surface area contributed by atoms with Gasteiger partial charge in [-0.05, 0) is 19.1 Å². The molecule has 1 rings (SSSR count). The molecule has 1 aromatic rings. The molecule has 0 bridgehead atoms. The highest BCUT2D eigenvalue weighted by Gasteiger charge is 2.08. The van der Waals surface area contributed by atoms with E-state index in [1.165, 1.54) is 12.1 Å². The van der Waals surface area contributed by atoms with Gasteiger partial charge in [-0.25, -0.2) is 8.42 Å². The Hall–Kier alpha value is -1.27. The van der Waals surface area contributed by atoms with Gasteiger partial charge in [0, 0.05) is 5.25 Å². The van der Waals surface area contributed by atoms with Gasteiger partial charge in [0.05, 0.1) is 4.90 Å². The molecular formula is C9H8O2S. The predicted octanol–water partition coefficient (Wildman–Crippen LogP) is 1.36. The average Bonchev–Trinajstić information content (AvgIpc) is 2.05. The van der Waals surface area contributed by atoms with Crippen molar-refractivity contribution in [1.29, 1.82) is 0 Å². The first kappa shape index (κ1) is 7.38. The Labute approximate surface area is 73.6 Å². The Kier molecular flexibility index (Phi) is 1.84. The zero-order valence-electron chi connectivity index (χ0n) is 7.53. The van der Waals surface area contributed by atoms with Crippen LogP contribution in [0.5, 0.6) is 0 Å². The Morgan fingerprint density at radius 3 is 2.50 bits per heavy atom. The highest BCUT2D eigenvalue weighted by molar-refractivity contribution is 7.96. The summed E-state index contributed by atoms with van der Waals surface area (Å²) in [5.41, 5.74) is 0.984. The molecule has 0 radical (unpaired) electrons. The lowest BCUT2D eigenvalue weighted by atomic mass is 10.2. The summed E-state index contributed by atoms with van der Waals surface area (Å²) in [5.74, 6) is 0. The van der Waals surface area contributed by atoms with Gasteiger partial charge in [0.25, 0.3) is 0 Å². The fourth-order valence-corrected chi connectivity index (χ4v) is 1.39. The van der Waals surface area contributed by atoms with Gasteiger partial charge in [-0.3, -0.25) is 0 Å². The van der Waals surface area contributed by atoms with Crippen LogP contribution >= 0.6 is 0 Å². The number of hydrogen-bond donors (Lipinski definition) is 0. The van der Waals surface area contributed by atoms with E-state index in [-0.39, 0.29) is 4.90 Å². The highest BCUT2D eigenvalue weighted by Crippen LogP contribution is 2.10. The fraction of sp³-hybridized carbons (Fsp3) is 0.111. The van der Waals surface area contributed by atoms with Crippen LogP contribution in [0.25, 0.3) is 0 Å². The third kappa shape index (κ3) is 1.66. The maximum atomic E-state index is 11.2. The second-order valence-electron chi connectivity index (χ2n) is 2.42. The second kappa shape index (κ2) is 3.00. The van der Waals surface area contributed by atoms with Gasteiger partial charge < -0.3 is 0 Å². The van der Waals surface area contributed by atoms with Crippen LogP contribution in [0.4, 0.5) is 0 Å². The summed E-state index contributed by atoms with van der Waals surface area (Å²) >= 11 is 0. The van der Waals surface area contributed by atoms with Crippen LogP contribution in [0, 0.1) is 18.6 Å². The number of rotatable bonds is 1. The standard InChI is InChI=1S/C9H8O2S/c1-3-12(10,11)9-6-4-8(2)5-7-9/h1,4-7H,2H3/i1D. The molecule has 2 nitrogen and oxygen atoms in total. The molecule has 0 aliphatic carbocycles. The summed E-state index contributed by atoms with van der Waals surface area (Å²) in [6.07, 6.45) is 1.63. The van der Waals surface area contributed by atoms with Crippen LogP contribution in [0.1, 0.15) is 6.93 Å². The summed E-state index contributed by atoms with van der Waals surface area (Å²) < 4.78 is 29.0. The van der Waals surface area contributed by atoms with Crippen LogP contribution in [0.3, 0.4) is 0 Å². The fourth-order valence-electron chi connectivity index (χ4n) is 0.776. The third-order valence-corrected chi connectivity index (χ3v) is 2.63. The summed E-state index contributed by atoms with van der Waals surface area (Å²) in [5, 5.41) is 1.85. The topological polar surface area (TPSA) is 34.1 Å². The molecular weight excluding hydrogens is 172 g/mol. The first-order chi connectivity index (χ1) is 6.06. The molecule has 1 aromatic carbocycles. The molecule has 0 fully saturated rings. The van der Waals surface area contributed by atoms with Crippen LogP contribution in [0.2, 0.25) is 0 Å². The minimum Gasteiger partial charge on any atom is -0.210 e. The lowest BCUT2D eigenvalue weighted by molar-refractivity contribution is 0.606. The van der Waals surface area contributed by atoms with Crippen molar-refractivity contribution in [3.05, 3.63) is 29.8 Å². The number of hydrogen-bond acceptors (Lipinski definition) is 2. The summed E-state index contributed by atoms with van der Waals surface area (Å²) in [6, 6.07) is 6.35.